The first kappa shape index (κ1) is 16.6. The van der Waals surface area contributed by atoms with Gasteiger partial charge in [-0.25, -0.2) is 9.97 Å². The van der Waals surface area contributed by atoms with Crippen LogP contribution in [0.3, 0.4) is 0 Å². The van der Waals surface area contributed by atoms with Gasteiger partial charge in [0.05, 0.1) is 0 Å². The normalized spacial score (nSPS) is 11.4. The molecule has 1 rings (SSSR count). The van der Waals surface area contributed by atoms with Gasteiger partial charge in [-0.1, -0.05) is 41.0 Å². The molecule has 0 N–H and O–H groups in total. The number of rotatable bonds is 6. The predicted molar refractivity (Wildman–Crippen MR) is 82.7 cm³/mol. The smallest absolute Gasteiger partial charge is 0.232 e. The number of aromatic nitrogens is 2. The molecule has 1 aromatic rings. The van der Waals surface area contributed by atoms with E-state index in [9.17, 15) is 4.79 Å². The van der Waals surface area contributed by atoms with Crippen molar-refractivity contribution in [1.29, 1.82) is 0 Å². The number of carbonyl (C=O) groups excluding carboxylic acids is 1. The van der Waals surface area contributed by atoms with Gasteiger partial charge < -0.3 is 0 Å². The van der Waals surface area contributed by atoms with Gasteiger partial charge in [-0.3, -0.25) is 9.69 Å². The van der Waals surface area contributed by atoms with E-state index in [4.69, 9.17) is 0 Å². The molecule has 112 valence electrons. The summed E-state index contributed by atoms with van der Waals surface area (Å²) in [6.45, 7) is 11.1. The number of anilines is 1. The Balaban J connectivity index is 2.95. The van der Waals surface area contributed by atoms with Crippen LogP contribution in [-0.4, -0.2) is 22.4 Å². The molecule has 1 heterocycles. The lowest BCUT2D eigenvalue weighted by molar-refractivity contribution is -0.120. The number of nitrogens with zero attached hydrogens (tertiary/aromatic N) is 3. The molecule has 0 saturated heterocycles. The van der Waals surface area contributed by atoms with Gasteiger partial charge in [-0.05, 0) is 24.3 Å². The van der Waals surface area contributed by atoms with Gasteiger partial charge in [0, 0.05) is 24.9 Å². The molecule has 0 aliphatic carbocycles. The van der Waals surface area contributed by atoms with E-state index >= 15 is 0 Å². The molecule has 0 aliphatic rings. The quantitative estimate of drug-likeness (QED) is 0.798. The highest BCUT2D eigenvalue weighted by atomic mass is 16.2. The van der Waals surface area contributed by atoms with Crippen molar-refractivity contribution < 1.29 is 4.79 Å². The van der Waals surface area contributed by atoms with Crippen molar-refractivity contribution in [3.63, 3.8) is 0 Å². The molecule has 0 aliphatic heterocycles. The first-order valence-electron chi connectivity index (χ1n) is 7.49. The molecular formula is C16H27N3O. The zero-order valence-corrected chi connectivity index (χ0v) is 13.4. The molecule has 20 heavy (non-hydrogen) atoms. The van der Waals surface area contributed by atoms with Crippen molar-refractivity contribution in [1.82, 2.24) is 9.97 Å². The van der Waals surface area contributed by atoms with Gasteiger partial charge in [0.25, 0.3) is 0 Å². The van der Waals surface area contributed by atoms with Crippen LogP contribution in [0.25, 0.3) is 0 Å². The zero-order valence-electron chi connectivity index (χ0n) is 13.4. The number of aryl methyl sites for hydroxylation is 1. The summed E-state index contributed by atoms with van der Waals surface area (Å²) in [6.07, 6.45) is 5.12. The lowest BCUT2D eigenvalue weighted by Crippen LogP contribution is -2.35. The predicted octanol–water partition coefficient (Wildman–Crippen LogP) is 3.61. The molecule has 0 spiro atoms. The SMILES string of the molecule is CCCc1ccnc(N(CCC)C(=O)CC(C)(C)C)n1. The third kappa shape index (κ3) is 5.27. The first-order chi connectivity index (χ1) is 9.37. The molecule has 4 nitrogen and oxygen atoms in total. The maximum absolute atomic E-state index is 12.5. The van der Waals surface area contributed by atoms with E-state index in [1.807, 2.05) is 6.07 Å². The van der Waals surface area contributed by atoms with E-state index in [0.717, 1.165) is 25.0 Å². The van der Waals surface area contributed by atoms with Crippen molar-refractivity contribution in [2.75, 3.05) is 11.4 Å². The van der Waals surface area contributed by atoms with E-state index in [2.05, 4.69) is 44.6 Å². The highest BCUT2D eigenvalue weighted by molar-refractivity contribution is 5.91. The monoisotopic (exact) mass is 277 g/mol. The van der Waals surface area contributed by atoms with Crippen molar-refractivity contribution in [3.05, 3.63) is 18.0 Å². The summed E-state index contributed by atoms with van der Waals surface area (Å²) in [5, 5.41) is 0. The summed E-state index contributed by atoms with van der Waals surface area (Å²) in [6, 6.07) is 1.92. The van der Waals surface area contributed by atoms with Crippen LogP contribution in [0.4, 0.5) is 5.95 Å². The fourth-order valence-corrected chi connectivity index (χ4v) is 2.02. The summed E-state index contributed by atoms with van der Waals surface area (Å²) in [4.78, 5) is 23.0. The lowest BCUT2D eigenvalue weighted by atomic mass is 9.91. The van der Waals surface area contributed by atoms with Crippen LogP contribution < -0.4 is 4.90 Å². The minimum absolute atomic E-state index is 0.0237. The Hall–Kier alpha value is -1.45. The van der Waals surface area contributed by atoms with Crippen LogP contribution in [0.5, 0.6) is 0 Å². The molecule has 0 saturated carbocycles. The third-order valence-corrected chi connectivity index (χ3v) is 2.88. The second-order valence-corrected chi connectivity index (χ2v) is 6.38. The minimum atomic E-state index is -0.0237. The Morgan fingerprint density at radius 2 is 1.95 bits per heavy atom. The number of hydrogen-bond donors (Lipinski definition) is 0. The second kappa shape index (κ2) is 7.36. The number of hydrogen-bond acceptors (Lipinski definition) is 3. The molecule has 0 aromatic carbocycles. The van der Waals surface area contributed by atoms with E-state index in [-0.39, 0.29) is 11.3 Å². The molecule has 1 aromatic heterocycles. The number of carbonyl (C=O) groups is 1. The maximum Gasteiger partial charge on any atom is 0.232 e. The fourth-order valence-electron chi connectivity index (χ4n) is 2.02. The summed E-state index contributed by atoms with van der Waals surface area (Å²) >= 11 is 0. The first-order valence-corrected chi connectivity index (χ1v) is 7.49. The highest BCUT2D eigenvalue weighted by Gasteiger charge is 2.23. The maximum atomic E-state index is 12.5. The molecule has 0 bridgehead atoms. The molecule has 0 unspecified atom stereocenters. The van der Waals surface area contributed by atoms with Gasteiger partial charge >= 0.3 is 0 Å². The van der Waals surface area contributed by atoms with Crippen molar-refractivity contribution >= 4 is 11.9 Å². The number of amides is 1. The molecule has 0 fully saturated rings. The Labute approximate surface area is 122 Å². The average Bonchev–Trinajstić information content (AvgIpc) is 2.34. The molecule has 4 heteroatoms. The van der Waals surface area contributed by atoms with Crippen LogP contribution in [0.2, 0.25) is 0 Å². The van der Waals surface area contributed by atoms with Crippen LogP contribution in [0.1, 0.15) is 59.6 Å². The van der Waals surface area contributed by atoms with E-state index in [0.29, 0.717) is 18.9 Å². The summed E-state index contributed by atoms with van der Waals surface area (Å²) in [5.41, 5.74) is 0.978. The molecule has 1 amide bonds. The van der Waals surface area contributed by atoms with Crippen LogP contribution in [0, 0.1) is 5.41 Å². The second-order valence-electron chi connectivity index (χ2n) is 6.38. The molecule has 0 radical (unpaired) electrons. The standard InChI is InChI=1S/C16H27N3O/c1-6-8-13-9-10-17-15(18-13)19(11-7-2)14(20)12-16(3,4)5/h9-10H,6-8,11-12H2,1-5H3. The minimum Gasteiger partial charge on any atom is -0.281 e. The van der Waals surface area contributed by atoms with Crippen LogP contribution in [0.15, 0.2) is 12.3 Å². The zero-order chi connectivity index (χ0) is 15.2. The summed E-state index contributed by atoms with van der Waals surface area (Å²) in [7, 11) is 0. The molecular weight excluding hydrogens is 250 g/mol. The summed E-state index contributed by atoms with van der Waals surface area (Å²) in [5.74, 6) is 0.653. The van der Waals surface area contributed by atoms with E-state index in [1.54, 1.807) is 11.1 Å². The van der Waals surface area contributed by atoms with E-state index in [1.165, 1.54) is 0 Å². The van der Waals surface area contributed by atoms with Crippen LogP contribution >= 0.6 is 0 Å². The summed E-state index contributed by atoms with van der Waals surface area (Å²) < 4.78 is 0. The topological polar surface area (TPSA) is 46.1 Å². The molecule has 0 atom stereocenters. The Kier molecular flexibility index (Phi) is 6.11. The Bertz CT molecular complexity index is 438. The van der Waals surface area contributed by atoms with Crippen molar-refractivity contribution in [3.8, 4) is 0 Å². The van der Waals surface area contributed by atoms with Gasteiger partial charge in [0.2, 0.25) is 11.9 Å². The van der Waals surface area contributed by atoms with Gasteiger partial charge in [-0.15, -0.1) is 0 Å². The Morgan fingerprint density at radius 1 is 1.25 bits per heavy atom. The van der Waals surface area contributed by atoms with Crippen molar-refractivity contribution in [2.24, 2.45) is 5.41 Å². The fraction of sp³-hybridized carbons (Fsp3) is 0.688. The lowest BCUT2D eigenvalue weighted by Gasteiger charge is -2.25. The average molecular weight is 277 g/mol. The van der Waals surface area contributed by atoms with E-state index < -0.39 is 0 Å². The van der Waals surface area contributed by atoms with Gasteiger partial charge in [0.1, 0.15) is 0 Å². The van der Waals surface area contributed by atoms with Crippen LogP contribution in [-0.2, 0) is 11.2 Å². The third-order valence-electron chi connectivity index (χ3n) is 2.88. The largest absolute Gasteiger partial charge is 0.281 e. The Morgan fingerprint density at radius 3 is 2.50 bits per heavy atom. The van der Waals surface area contributed by atoms with Crippen molar-refractivity contribution in [2.45, 2.75) is 60.3 Å². The van der Waals surface area contributed by atoms with Gasteiger partial charge in [0.15, 0.2) is 0 Å². The highest BCUT2D eigenvalue weighted by Crippen LogP contribution is 2.21. The van der Waals surface area contributed by atoms with Gasteiger partial charge in [-0.2, -0.15) is 0 Å².